The topological polar surface area (TPSA) is 61.5 Å². The number of benzene rings is 1. The maximum absolute atomic E-state index is 11.7. The van der Waals surface area contributed by atoms with Gasteiger partial charge in [-0.25, -0.2) is 4.79 Å². The van der Waals surface area contributed by atoms with Crippen molar-refractivity contribution in [1.29, 1.82) is 0 Å². The molecule has 0 aliphatic heterocycles. The minimum atomic E-state index is -0.411. The monoisotopic (exact) mass is 263 g/mol. The molecule has 2 N–H and O–H groups in total. The molecule has 1 fully saturated rings. The molecule has 0 saturated heterocycles. The Morgan fingerprint density at radius 3 is 2.58 bits per heavy atom. The molecular formula is C15H21NO3. The van der Waals surface area contributed by atoms with Crippen LogP contribution in [0.1, 0.15) is 43.0 Å². The number of nitrogens with two attached hydrogens (primary N) is 1. The van der Waals surface area contributed by atoms with E-state index in [-0.39, 0.29) is 6.10 Å². The highest BCUT2D eigenvalue weighted by Gasteiger charge is 2.23. The second kappa shape index (κ2) is 5.95. The van der Waals surface area contributed by atoms with Crippen LogP contribution in [0.3, 0.4) is 0 Å². The molecule has 19 heavy (non-hydrogen) atoms. The lowest BCUT2D eigenvalue weighted by Gasteiger charge is -2.28. The maximum atomic E-state index is 11.7. The normalized spacial score (nSPS) is 22.8. The van der Waals surface area contributed by atoms with E-state index < -0.39 is 5.97 Å². The molecule has 0 aromatic heterocycles. The minimum Gasteiger partial charge on any atom is -0.487 e. The average Bonchev–Trinajstić information content (AvgIpc) is 2.42. The molecule has 0 radical (unpaired) electrons. The fourth-order valence-corrected chi connectivity index (χ4v) is 2.47. The highest BCUT2D eigenvalue weighted by Crippen LogP contribution is 2.32. The zero-order valence-corrected chi connectivity index (χ0v) is 11.5. The van der Waals surface area contributed by atoms with Gasteiger partial charge in [-0.15, -0.1) is 0 Å². The molecular weight excluding hydrogens is 242 g/mol. The molecule has 1 aromatic rings. The first-order valence-corrected chi connectivity index (χ1v) is 6.75. The van der Waals surface area contributed by atoms with Gasteiger partial charge in [-0.3, -0.25) is 0 Å². The summed E-state index contributed by atoms with van der Waals surface area (Å²) in [6, 6.07) is 5.16. The smallest absolute Gasteiger partial charge is 0.341 e. The van der Waals surface area contributed by atoms with Crippen LogP contribution in [0.5, 0.6) is 5.75 Å². The lowest BCUT2D eigenvalue weighted by Crippen LogP contribution is -2.24. The Labute approximate surface area is 113 Å². The fraction of sp³-hybridized carbons (Fsp3) is 0.533. The summed E-state index contributed by atoms with van der Waals surface area (Å²) in [6.45, 7) is 2.26. The number of carbonyl (C=O) groups is 1. The Morgan fingerprint density at radius 2 is 1.95 bits per heavy atom. The third kappa shape index (κ3) is 3.19. The van der Waals surface area contributed by atoms with E-state index in [0.29, 0.717) is 17.0 Å². The van der Waals surface area contributed by atoms with Crippen LogP contribution in [0.25, 0.3) is 0 Å². The number of esters is 1. The molecule has 0 spiro atoms. The van der Waals surface area contributed by atoms with Crippen molar-refractivity contribution >= 4 is 11.7 Å². The quantitative estimate of drug-likeness (QED) is 0.672. The van der Waals surface area contributed by atoms with Gasteiger partial charge in [-0.2, -0.15) is 0 Å². The second-order valence-electron chi connectivity index (χ2n) is 5.22. The van der Waals surface area contributed by atoms with Crippen LogP contribution >= 0.6 is 0 Å². The van der Waals surface area contributed by atoms with Crippen LogP contribution < -0.4 is 10.5 Å². The van der Waals surface area contributed by atoms with E-state index in [2.05, 4.69) is 6.92 Å². The first-order valence-electron chi connectivity index (χ1n) is 6.75. The van der Waals surface area contributed by atoms with E-state index in [0.717, 1.165) is 31.6 Å². The van der Waals surface area contributed by atoms with Crippen LogP contribution in [0.15, 0.2) is 18.2 Å². The van der Waals surface area contributed by atoms with Crippen LogP contribution in [-0.2, 0) is 4.74 Å². The van der Waals surface area contributed by atoms with E-state index in [1.807, 2.05) is 0 Å². The van der Waals surface area contributed by atoms with Gasteiger partial charge in [0.15, 0.2) is 5.75 Å². The van der Waals surface area contributed by atoms with E-state index >= 15 is 0 Å². The maximum Gasteiger partial charge on any atom is 0.341 e. The Kier molecular flexibility index (Phi) is 4.30. The summed E-state index contributed by atoms with van der Waals surface area (Å²) in [5, 5.41) is 0. The van der Waals surface area contributed by atoms with Crippen molar-refractivity contribution in [2.45, 2.75) is 38.7 Å². The van der Waals surface area contributed by atoms with E-state index in [9.17, 15) is 4.79 Å². The molecule has 0 amide bonds. The summed E-state index contributed by atoms with van der Waals surface area (Å²) < 4.78 is 10.7. The third-order valence-corrected chi connectivity index (χ3v) is 3.70. The molecule has 104 valence electrons. The molecule has 0 heterocycles. The first kappa shape index (κ1) is 13.7. The van der Waals surface area contributed by atoms with Crippen molar-refractivity contribution in [2.24, 2.45) is 5.92 Å². The van der Waals surface area contributed by atoms with Gasteiger partial charge in [0, 0.05) is 0 Å². The minimum absolute atomic E-state index is 0.143. The van der Waals surface area contributed by atoms with E-state index in [4.69, 9.17) is 15.2 Å². The fourth-order valence-electron chi connectivity index (χ4n) is 2.47. The number of methoxy groups -OCH3 is 1. The number of hydrogen-bond acceptors (Lipinski definition) is 4. The van der Waals surface area contributed by atoms with Gasteiger partial charge in [0.25, 0.3) is 0 Å². The standard InChI is InChI=1S/C15H21NO3/c1-10-6-8-11(9-7-10)19-14-12(15(17)18-2)4-3-5-13(14)16/h3-5,10-11H,6-9,16H2,1-2H3. The molecule has 0 unspecified atom stereocenters. The van der Waals surface area contributed by atoms with Crippen molar-refractivity contribution in [2.75, 3.05) is 12.8 Å². The largest absolute Gasteiger partial charge is 0.487 e. The van der Waals surface area contributed by atoms with Gasteiger partial charge in [0.2, 0.25) is 0 Å². The molecule has 0 atom stereocenters. The van der Waals surface area contributed by atoms with Gasteiger partial charge in [-0.05, 0) is 43.7 Å². The summed E-state index contributed by atoms with van der Waals surface area (Å²) in [6.07, 6.45) is 4.48. The van der Waals surface area contributed by atoms with Crippen LogP contribution in [0.4, 0.5) is 5.69 Å². The Hall–Kier alpha value is -1.71. The van der Waals surface area contributed by atoms with Crippen LogP contribution in [-0.4, -0.2) is 19.2 Å². The van der Waals surface area contributed by atoms with Gasteiger partial charge in [0.05, 0.1) is 18.9 Å². The Balaban J connectivity index is 2.17. The molecule has 4 heteroatoms. The highest BCUT2D eigenvalue weighted by atomic mass is 16.5. The van der Waals surface area contributed by atoms with Crippen molar-refractivity contribution in [3.8, 4) is 5.75 Å². The average molecular weight is 263 g/mol. The zero-order valence-electron chi connectivity index (χ0n) is 11.5. The van der Waals surface area contributed by atoms with Gasteiger partial charge in [-0.1, -0.05) is 13.0 Å². The Morgan fingerprint density at radius 1 is 1.26 bits per heavy atom. The number of nitrogen functional groups attached to an aromatic ring is 1. The number of hydrogen-bond donors (Lipinski definition) is 1. The number of carbonyl (C=O) groups excluding carboxylic acids is 1. The third-order valence-electron chi connectivity index (χ3n) is 3.70. The van der Waals surface area contributed by atoms with Crippen molar-refractivity contribution in [3.05, 3.63) is 23.8 Å². The second-order valence-corrected chi connectivity index (χ2v) is 5.22. The molecule has 1 saturated carbocycles. The summed E-state index contributed by atoms with van der Waals surface area (Å²) in [5.74, 6) is 0.813. The van der Waals surface area contributed by atoms with E-state index in [1.54, 1.807) is 18.2 Å². The van der Waals surface area contributed by atoms with Gasteiger partial charge >= 0.3 is 5.97 Å². The predicted molar refractivity (Wildman–Crippen MR) is 74.2 cm³/mol. The molecule has 4 nitrogen and oxygen atoms in total. The summed E-state index contributed by atoms with van der Waals surface area (Å²) in [4.78, 5) is 11.7. The lowest BCUT2D eigenvalue weighted by atomic mass is 9.89. The Bertz CT molecular complexity index is 451. The summed E-state index contributed by atoms with van der Waals surface area (Å²) in [5.41, 5.74) is 6.82. The summed E-state index contributed by atoms with van der Waals surface area (Å²) >= 11 is 0. The zero-order chi connectivity index (χ0) is 13.8. The van der Waals surface area contributed by atoms with Crippen molar-refractivity contribution in [1.82, 2.24) is 0 Å². The first-order chi connectivity index (χ1) is 9.11. The van der Waals surface area contributed by atoms with Crippen molar-refractivity contribution in [3.63, 3.8) is 0 Å². The number of anilines is 1. The van der Waals surface area contributed by atoms with Crippen LogP contribution in [0, 0.1) is 5.92 Å². The molecule has 1 aliphatic rings. The molecule has 2 rings (SSSR count). The van der Waals surface area contributed by atoms with Gasteiger partial charge in [0.1, 0.15) is 5.56 Å². The molecule has 0 bridgehead atoms. The van der Waals surface area contributed by atoms with Crippen LogP contribution in [0.2, 0.25) is 0 Å². The SMILES string of the molecule is COC(=O)c1cccc(N)c1OC1CCC(C)CC1. The lowest BCUT2D eigenvalue weighted by molar-refractivity contribution is 0.0589. The predicted octanol–water partition coefficient (Wildman–Crippen LogP) is 3.01. The van der Waals surface area contributed by atoms with E-state index in [1.165, 1.54) is 7.11 Å². The number of para-hydroxylation sites is 1. The van der Waals surface area contributed by atoms with Gasteiger partial charge < -0.3 is 15.2 Å². The number of rotatable bonds is 3. The molecule has 1 aromatic carbocycles. The van der Waals surface area contributed by atoms with Crippen molar-refractivity contribution < 1.29 is 14.3 Å². The highest BCUT2D eigenvalue weighted by molar-refractivity contribution is 5.94. The molecule has 1 aliphatic carbocycles. The summed E-state index contributed by atoms with van der Waals surface area (Å²) in [7, 11) is 1.36. The number of ether oxygens (including phenoxy) is 2.